The molecule has 1 rings (SSSR count). The molecule has 0 saturated heterocycles. The fourth-order valence-corrected chi connectivity index (χ4v) is 1.52. The quantitative estimate of drug-likeness (QED) is 0.798. The van der Waals surface area contributed by atoms with E-state index >= 15 is 0 Å². The summed E-state index contributed by atoms with van der Waals surface area (Å²) in [5.74, 6) is -1.14. The average Bonchev–Trinajstić information content (AvgIpc) is 2.35. The van der Waals surface area contributed by atoms with Crippen molar-refractivity contribution in [3.05, 3.63) is 23.8 Å². The minimum Gasteiger partial charge on any atom is -0.493 e. The number of carboxylic acid groups (broad SMARTS) is 1. The summed E-state index contributed by atoms with van der Waals surface area (Å²) in [6.07, 6.45) is -1.31. The number of rotatable bonds is 7. The van der Waals surface area contributed by atoms with Crippen LogP contribution in [-0.2, 0) is 4.79 Å². The van der Waals surface area contributed by atoms with Gasteiger partial charge in [-0.15, -0.1) is 0 Å². The number of carboxylic acids is 1. The first-order chi connectivity index (χ1) is 8.93. The van der Waals surface area contributed by atoms with Crippen LogP contribution >= 0.6 is 0 Å². The lowest BCUT2D eigenvalue weighted by molar-refractivity contribution is -0.137. The zero-order chi connectivity index (χ0) is 14.4. The molecule has 0 amide bonds. The van der Waals surface area contributed by atoms with Gasteiger partial charge in [0, 0.05) is 6.42 Å². The van der Waals surface area contributed by atoms with E-state index < -0.39 is 18.7 Å². The predicted molar refractivity (Wildman–Crippen MR) is 61.5 cm³/mol. The molecule has 0 bridgehead atoms. The van der Waals surface area contributed by atoms with Gasteiger partial charge in [-0.3, -0.25) is 4.79 Å². The van der Waals surface area contributed by atoms with Crippen molar-refractivity contribution in [1.29, 1.82) is 0 Å². The Hall–Kier alpha value is -1.89. The molecule has 2 N–H and O–H groups in total. The maximum Gasteiger partial charge on any atom is 0.387 e. The van der Waals surface area contributed by atoms with Crippen molar-refractivity contribution in [3.63, 3.8) is 0 Å². The van der Waals surface area contributed by atoms with Crippen LogP contribution in [0.3, 0.4) is 0 Å². The molecular formula is C12H14F2O5. The van der Waals surface area contributed by atoms with Crippen LogP contribution in [0, 0.1) is 0 Å². The molecule has 0 aromatic heterocycles. The fourth-order valence-electron chi connectivity index (χ4n) is 1.52. The van der Waals surface area contributed by atoms with Crippen LogP contribution in [0.15, 0.2) is 18.2 Å². The van der Waals surface area contributed by atoms with E-state index in [9.17, 15) is 18.7 Å². The highest BCUT2D eigenvalue weighted by Gasteiger charge is 2.15. The van der Waals surface area contributed by atoms with E-state index in [4.69, 9.17) is 9.84 Å². The first kappa shape index (κ1) is 15.2. The van der Waals surface area contributed by atoms with Crippen LogP contribution in [0.2, 0.25) is 0 Å². The number of alkyl halides is 2. The van der Waals surface area contributed by atoms with Crippen molar-refractivity contribution in [1.82, 2.24) is 0 Å². The maximum absolute atomic E-state index is 12.2. The number of carbonyl (C=O) groups is 1. The van der Waals surface area contributed by atoms with Crippen molar-refractivity contribution in [2.75, 3.05) is 7.11 Å². The summed E-state index contributed by atoms with van der Waals surface area (Å²) in [7, 11) is 1.30. The van der Waals surface area contributed by atoms with Gasteiger partial charge >= 0.3 is 12.6 Å². The number of aliphatic hydroxyl groups is 1. The van der Waals surface area contributed by atoms with Crippen LogP contribution in [0.4, 0.5) is 8.78 Å². The number of benzene rings is 1. The summed E-state index contributed by atoms with van der Waals surface area (Å²) < 4.78 is 33.5. The molecule has 1 aromatic rings. The minimum atomic E-state index is -3.01. The summed E-state index contributed by atoms with van der Waals surface area (Å²) in [6.45, 7) is -3.01. The number of methoxy groups -OCH3 is 1. The fraction of sp³-hybridized carbons (Fsp3) is 0.417. The molecule has 0 heterocycles. The Balaban J connectivity index is 2.87. The predicted octanol–water partition coefficient (Wildman–Crippen LogP) is 2.19. The smallest absolute Gasteiger partial charge is 0.387 e. The van der Waals surface area contributed by atoms with E-state index in [-0.39, 0.29) is 29.9 Å². The molecule has 1 atom stereocenters. The number of ether oxygens (including phenoxy) is 2. The Morgan fingerprint density at radius 3 is 2.58 bits per heavy atom. The Morgan fingerprint density at radius 2 is 2.05 bits per heavy atom. The van der Waals surface area contributed by atoms with Gasteiger partial charge < -0.3 is 19.7 Å². The molecule has 0 spiro atoms. The summed E-state index contributed by atoms with van der Waals surface area (Å²) in [5.41, 5.74) is 0.290. The normalized spacial score (nSPS) is 12.3. The Kier molecular flexibility index (Phi) is 5.50. The van der Waals surface area contributed by atoms with Crippen molar-refractivity contribution in [2.24, 2.45) is 0 Å². The molecule has 0 saturated carbocycles. The number of aliphatic carboxylic acids is 1. The van der Waals surface area contributed by atoms with Gasteiger partial charge in [0.1, 0.15) is 0 Å². The maximum atomic E-state index is 12.2. The van der Waals surface area contributed by atoms with Crippen LogP contribution < -0.4 is 9.47 Å². The van der Waals surface area contributed by atoms with Crippen molar-refractivity contribution in [2.45, 2.75) is 25.6 Å². The lowest BCUT2D eigenvalue weighted by Gasteiger charge is -2.14. The van der Waals surface area contributed by atoms with Crippen LogP contribution in [0.1, 0.15) is 24.5 Å². The number of aliphatic hydroxyl groups excluding tert-OH is 1. The Labute approximate surface area is 108 Å². The Bertz CT molecular complexity index is 436. The number of hydrogen-bond acceptors (Lipinski definition) is 4. The molecular weight excluding hydrogens is 262 g/mol. The zero-order valence-corrected chi connectivity index (χ0v) is 10.2. The van der Waals surface area contributed by atoms with E-state index in [1.165, 1.54) is 25.3 Å². The van der Waals surface area contributed by atoms with Gasteiger partial charge in [-0.05, 0) is 24.1 Å². The zero-order valence-electron chi connectivity index (χ0n) is 10.2. The highest BCUT2D eigenvalue weighted by Crippen LogP contribution is 2.32. The third-order valence-electron chi connectivity index (χ3n) is 2.42. The van der Waals surface area contributed by atoms with Crippen molar-refractivity contribution < 1.29 is 33.3 Å². The highest BCUT2D eigenvalue weighted by atomic mass is 19.3. The summed E-state index contributed by atoms with van der Waals surface area (Å²) in [4.78, 5) is 10.4. The monoisotopic (exact) mass is 276 g/mol. The second-order valence-electron chi connectivity index (χ2n) is 3.74. The molecule has 0 aliphatic rings. The van der Waals surface area contributed by atoms with E-state index in [0.717, 1.165) is 0 Å². The average molecular weight is 276 g/mol. The van der Waals surface area contributed by atoms with Gasteiger partial charge in [-0.1, -0.05) is 6.07 Å². The standard InChI is InChI=1S/C12H14F2O5/c1-18-9-4-2-7(6-10(9)19-12(13)14)8(15)3-5-11(16)17/h2,4,6,8,12,15H,3,5H2,1H3,(H,16,17). The molecule has 106 valence electrons. The highest BCUT2D eigenvalue weighted by molar-refractivity contribution is 5.66. The largest absolute Gasteiger partial charge is 0.493 e. The third kappa shape index (κ3) is 4.70. The van der Waals surface area contributed by atoms with Gasteiger partial charge in [0.15, 0.2) is 11.5 Å². The molecule has 5 nitrogen and oxygen atoms in total. The summed E-state index contributed by atoms with van der Waals surface area (Å²) >= 11 is 0. The topological polar surface area (TPSA) is 76.0 Å². The number of halogens is 2. The van der Waals surface area contributed by atoms with Crippen molar-refractivity contribution in [3.8, 4) is 11.5 Å². The summed E-state index contributed by atoms with van der Waals surface area (Å²) in [6, 6.07) is 4.04. The van der Waals surface area contributed by atoms with Gasteiger partial charge in [0.05, 0.1) is 13.2 Å². The third-order valence-corrected chi connectivity index (χ3v) is 2.42. The molecule has 0 fully saturated rings. The van der Waals surface area contributed by atoms with Gasteiger partial charge in [0.2, 0.25) is 0 Å². The van der Waals surface area contributed by atoms with Crippen LogP contribution in [-0.4, -0.2) is 29.9 Å². The Morgan fingerprint density at radius 1 is 1.37 bits per heavy atom. The SMILES string of the molecule is COc1ccc(C(O)CCC(=O)O)cc1OC(F)F. The van der Waals surface area contributed by atoms with E-state index in [1.807, 2.05) is 0 Å². The first-order valence-electron chi connectivity index (χ1n) is 5.46. The molecule has 0 radical (unpaired) electrons. The molecule has 0 aliphatic heterocycles. The van der Waals surface area contributed by atoms with E-state index in [2.05, 4.69) is 4.74 Å². The van der Waals surface area contributed by atoms with Crippen LogP contribution in [0.25, 0.3) is 0 Å². The second-order valence-corrected chi connectivity index (χ2v) is 3.74. The molecule has 0 aliphatic carbocycles. The van der Waals surface area contributed by atoms with Gasteiger partial charge in [-0.25, -0.2) is 0 Å². The van der Waals surface area contributed by atoms with Crippen molar-refractivity contribution >= 4 is 5.97 Å². The van der Waals surface area contributed by atoms with E-state index in [1.54, 1.807) is 0 Å². The minimum absolute atomic E-state index is 0.0181. The van der Waals surface area contributed by atoms with E-state index in [0.29, 0.717) is 0 Å². The lowest BCUT2D eigenvalue weighted by atomic mass is 10.0. The molecule has 19 heavy (non-hydrogen) atoms. The molecule has 1 unspecified atom stereocenters. The second kappa shape index (κ2) is 6.89. The first-order valence-corrected chi connectivity index (χ1v) is 5.46. The van der Waals surface area contributed by atoms with Gasteiger partial charge in [0.25, 0.3) is 0 Å². The molecule has 7 heteroatoms. The number of hydrogen-bond donors (Lipinski definition) is 2. The van der Waals surface area contributed by atoms with Gasteiger partial charge in [-0.2, -0.15) is 8.78 Å². The van der Waals surface area contributed by atoms with Crippen LogP contribution in [0.5, 0.6) is 11.5 Å². The molecule has 1 aromatic carbocycles. The summed E-state index contributed by atoms with van der Waals surface area (Å²) in [5, 5.41) is 18.3. The lowest BCUT2D eigenvalue weighted by Crippen LogP contribution is -2.06.